The van der Waals surface area contributed by atoms with Gasteiger partial charge in [-0.2, -0.15) is 0 Å². The van der Waals surface area contributed by atoms with Crippen LogP contribution in [-0.4, -0.2) is 16.8 Å². The minimum Gasteiger partial charge on any atom is -0.484 e. The van der Waals surface area contributed by atoms with Crippen LogP contribution in [-0.2, 0) is 0 Å². The van der Waals surface area contributed by atoms with E-state index in [1.807, 2.05) is 0 Å². The quantitative estimate of drug-likeness (QED) is 0.447. The fourth-order valence-corrected chi connectivity index (χ4v) is 1.34. The summed E-state index contributed by atoms with van der Waals surface area (Å²) in [5.74, 6) is -0.214. The molecular weight excluding hydrogens is 210 g/mol. The van der Waals surface area contributed by atoms with Gasteiger partial charge in [0, 0.05) is 0 Å². The smallest absolute Gasteiger partial charge is 0.321 e. The zero-order chi connectivity index (χ0) is 12.3. The average Bonchev–Trinajstić information content (AvgIpc) is 2.15. The molecule has 0 spiro atoms. The summed E-state index contributed by atoms with van der Waals surface area (Å²) in [6.07, 6.45) is -0.180. The molecule has 1 rings (SSSR count). The molecular formula is C11H13NO4. The Kier molecular flexibility index (Phi) is 3.60. The lowest BCUT2D eigenvalue weighted by Crippen LogP contribution is -2.09. The van der Waals surface area contributed by atoms with Crippen LogP contribution < -0.4 is 4.74 Å². The van der Waals surface area contributed by atoms with Crippen molar-refractivity contribution in [2.75, 3.05) is 0 Å². The Morgan fingerprint density at radius 1 is 1.44 bits per heavy atom. The lowest BCUT2D eigenvalue weighted by atomic mass is 10.1. The Balaban J connectivity index is 3.32. The molecule has 1 aromatic carbocycles. The average molecular weight is 223 g/mol. The molecule has 0 bridgehead atoms. The van der Waals surface area contributed by atoms with Crippen LogP contribution in [0.3, 0.4) is 0 Å². The Hall–Kier alpha value is -1.91. The van der Waals surface area contributed by atoms with Gasteiger partial charge in [0.2, 0.25) is 0 Å². The predicted molar refractivity (Wildman–Crippen MR) is 58.9 cm³/mol. The van der Waals surface area contributed by atoms with Crippen LogP contribution in [0.1, 0.15) is 31.1 Å². The molecule has 0 aromatic heterocycles. The molecule has 0 saturated heterocycles. The van der Waals surface area contributed by atoms with Gasteiger partial charge in [-0.3, -0.25) is 14.9 Å². The van der Waals surface area contributed by atoms with Gasteiger partial charge in [0.1, 0.15) is 0 Å². The fraction of sp³-hybridized carbons (Fsp3) is 0.364. The SMILES string of the molecule is CC(=O)c1cccc(OC(C)C)c1[N+](=O)[O-]. The highest BCUT2D eigenvalue weighted by Crippen LogP contribution is 2.31. The lowest BCUT2D eigenvalue weighted by molar-refractivity contribution is -0.386. The van der Waals surface area contributed by atoms with E-state index in [-0.39, 0.29) is 28.9 Å². The van der Waals surface area contributed by atoms with E-state index in [1.165, 1.54) is 19.1 Å². The van der Waals surface area contributed by atoms with Crippen molar-refractivity contribution in [1.82, 2.24) is 0 Å². The summed E-state index contributed by atoms with van der Waals surface area (Å²) in [7, 11) is 0. The van der Waals surface area contributed by atoms with Crippen molar-refractivity contribution >= 4 is 11.5 Å². The molecule has 16 heavy (non-hydrogen) atoms. The topological polar surface area (TPSA) is 69.4 Å². The summed E-state index contributed by atoms with van der Waals surface area (Å²) in [4.78, 5) is 21.6. The molecule has 0 atom stereocenters. The van der Waals surface area contributed by atoms with Crippen LogP contribution in [0.5, 0.6) is 5.75 Å². The van der Waals surface area contributed by atoms with Gasteiger partial charge < -0.3 is 4.74 Å². The second kappa shape index (κ2) is 4.74. The number of carbonyl (C=O) groups excluding carboxylic acids is 1. The van der Waals surface area contributed by atoms with Crippen LogP contribution in [0.25, 0.3) is 0 Å². The highest BCUT2D eigenvalue weighted by molar-refractivity contribution is 5.99. The molecule has 5 nitrogen and oxygen atoms in total. The van der Waals surface area contributed by atoms with Crippen molar-refractivity contribution in [3.05, 3.63) is 33.9 Å². The number of ketones is 1. The monoisotopic (exact) mass is 223 g/mol. The maximum Gasteiger partial charge on any atom is 0.321 e. The van der Waals surface area contributed by atoms with Crippen molar-refractivity contribution in [3.8, 4) is 5.75 Å². The molecule has 0 saturated carbocycles. The fourth-order valence-electron chi connectivity index (χ4n) is 1.34. The van der Waals surface area contributed by atoms with E-state index in [4.69, 9.17) is 4.74 Å². The number of ether oxygens (including phenoxy) is 1. The van der Waals surface area contributed by atoms with Crippen molar-refractivity contribution < 1.29 is 14.5 Å². The zero-order valence-electron chi connectivity index (χ0n) is 9.39. The highest BCUT2D eigenvalue weighted by atomic mass is 16.6. The minimum atomic E-state index is -0.589. The Bertz CT molecular complexity index is 426. The molecule has 86 valence electrons. The van der Waals surface area contributed by atoms with Crippen LogP contribution >= 0.6 is 0 Å². The number of hydrogen-bond donors (Lipinski definition) is 0. The first kappa shape index (κ1) is 12.2. The number of para-hydroxylation sites is 1. The van der Waals surface area contributed by atoms with Crippen LogP contribution in [0.2, 0.25) is 0 Å². The first-order valence-corrected chi connectivity index (χ1v) is 4.88. The Morgan fingerprint density at radius 2 is 2.06 bits per heavy atom. The summed E-state index contributed by atoms with van der Waals surface area (Å²) in [6, 6.07) is 4.49. The Labute approximate surface area is 93.2 Å². The second-order valence-electron chi connectivity index (χ2n) is 3.63. The maximum atomic E-state index is 11.2. The van der Waals surface area contributed by atoms with Crippen molar-refractivity contribution in [1.29, 1.82) is 0 Å². The minimum absolute atomic E-state index is 0.0724. The van der Waals surface area contributed by atoms with Gasteiger partial charge in [-0.25, -0.2) is 0 Å². The molecule has 0 fully saturated rings. The van der Waals surface area contributed by atoms with Gasteiger partial charge in [0.25, 0.3) is 0 Å². The van der Waals surface area contributed by atoms with Crippen LogP contribution in [0, 0.1) is 10.1 Å². The van der Waals surface area contributed by atoms with Gasteiger partial charge in [-0.05, 0) is 32.9 Å². The Morgan fingerprint density at radius 3 is 2.50 bits per heavy atom. The summed E-state index contributed by atoms with van der Waals surface area (Å²) >= 11 is 0. The van der Waals surface area contributed by atoms with E-state index >= 15 is 0 Å². The first-order valence-electron chi connectivity index (χ1n) is 4.88. The molecule has 0 aliphatic rings. The van der Waals surface area contributed by atoms with Gasteiger partial charge in [-0.15, -0.1) is 0 Å². The van der Waals surface area contributed by atoms with Crippen LogP contribution in [0.15, 0.2) is 18.2 Å². The molecule has 0 unspecified atom stereocenters. The normalized spacial score (nSPS) is 10.2. The molecule has 1 aromatic rings. The van der Waals surface area contributed by atoms with Gasteiger partial charge in [0.05, 0.1) is 16.6 Å². The predicted octanol–water partition coefficient (Wildman–Crippen LogP) is 2.58. The van der Waals surface area contributed by atoms with Crippen molar-refractivity contribution in [2.24, 2.45) is 0 Å². The van der Waals surface area contributed by atoms with Crippen molar-refractivity contribution in [3.63, 3.8) is 0 Å². The number of benzene rings is 1. The number of nitro groups is 1. The molecule has 0 radical (unpaired) electrons. The van der Waals surface area contributed by atoms with Crippen molar-refractivity contribution in [2.45, 2.75) is 26.9 Å². The van der Waals surface area contributed by atoms with Gasteiger partial charge in [0.15, 0.2) is 11.5 Å². The lowest BCUT2D eigenvalue weighted by Gasteiger charge is -2.10. The first-order chi connectivity index (χ1) is 7.43. The van der Waals surface area contributed by atoms with E-state index < -0.39 is 4.92 Å². The largest absolute Gasteiger partial charge is 0.484 e. The molecule has 0 amide bonds. The van der Waals surface area contributed by atoms with Gasteiger partial charge in [-0.1, -0.05) is 6.07 Å². The summed E-state index contributed by atoms with van der Waals surface area (Å²) in [5.41, 5.74) is -0.188. The molecule has 5 heteroatoms. The van der Waals surface area contributed by atoms with E-state index in [9.17, 15) is 14.9 Å². The summed E-state index contributed by atoms with van der Waals surface area (Å²) < 4.78 is 5.30. The standard InChI is InChI=1S/C11H13NO4/c1-7(2)16-10-6-4-5-9(8(3)13)11(10)12(14)15/h4-7H,1-3H3. The third-order valence-electron chi connectivity index (χ3n) is 1.92. The molecule has 0 heterocycles. The summed E-state index contributed by atoms with van der Waals surface area (Å²) in [5, 5.41) is 10.9. The van der Waals surface area contributed by atoms with Gasteiger partial charge >= 0.3 is 5.69 Å². The number of hydrogen-bond acceptors (Lipinski definition) is 4. The highest BCUT2D eigenvalue weighted by Gasteiger charge is 2.23. The molecule has 0 aliphatic carbocycles. The number of nitrogens with zero attached hydrogens (tertiary/aromatic N) is 1. The maximum absolute atomic E-state index is 11.2. The molecule has 0 aliphatic heterocycles. The number of Topliss-reactive ketones (excluding diaryl/α,β-unsaturated/α-hetero) is 1. The summed E-state index contributed by atoms with van der Waals surface area (Å²) in [6.45, 7) is 4.83. The number of rotatable bonds is 4. The van der Waals surface area contributed by atoms with Crippen LogP contribution in [0.4, 0.5) is 5.69 Å². The zero-order valence-corrected chi connectivity index (χ0v) is 9.39. The number of carbonyl (C=O) groups is 1. The second-order valence-corrected chi connectivity index (χ2v) is 3.63. The third-order valence-corrected chi connectivity index (χ3v) is 1.92. The van der Waals surface area contributed by atoms with E-state index in [2.05, 4.69) is 0 Å². The van der Waals surface area contributed by atoms with E-state index in [0.29, 0.717) is 0 Å². The number of nitro benzene ring substituents is 1. The van der Waals surface area contributed by atoms with E-state index in [0.717, 1.165) is 0 Å². The molecule has 0 N–H and O–H groups in total. The third kappa shape index (κ3) is 2.56. The van der Waals surface area contributed by atoms with E-state index in [1.54, 1.807) is 19.9 Å².